The van der Waals surface area contributed by atoms with Crippen LogP contribution >= 0.6 is 0 Å². The molecule has 0 aromatic carbocycles. The van der Waals surface area contributed by atoms with Crippen molar-refractivity contribution in [3.8, 4) is 0 Å². The van der Waals surface area contributed by atoms with Crippen molar-refractivity contribution in [1.82, 2.24) is 0 Å². The highest BCUT2D eigenvalue weighted by atomic mass is 16.6. The monoisotopic (exact) mass is 264 g/mol. The van der Waals surface area contributed by atoms with Crippen LogP contribution in [0.1, 0.15) is 60.3 Å². The third-order valence-corrected chi connectivity index (χ3v) is 4.68. The van der Waals surface area contributed by atoms with Gasteiger partial charge in [-0.3, -0.25) is 0 Å². The summed E-state index contributed by atoms with van der Waals surface area (Å²) in [5.74, 6) is 0.351. The molecule has 0 aliphatic heterocycles. The lowest BCUT2D eigenvalue weighted by Gasteiger charge is -2.48. The van der Waals surface area contributed by atoms with Crippen molar-refractivity contribution in [3.63, 3.8) is 0 Å². The minimum absolute atomic E-state index is 0.0475. The van der Waals surface area contributed by atoms with Crippen LogP contribution in [0.5, 0.6) is 0 Å². The van der Waals surface area contributed by atoms with Gasteiger partial charge in [-0.05, 0) is 46.0 Å². The summed E-state index contributed by atoms with van der Waals surface area (Å²) in [5.41, 5.74) is 1.19. The fourth-order valence-electron chi connectivity index (χ4n) is 3.00. The van der Waals surface area contributed by atoms with Crippen molar-refractivity contribution in [2.24, 2.45) is 11.3 Å². The molecule has 1 rings (SSSR count). The van der Waals surface area contributed by atoms with Crippen molar-refractivity contribution in [3.05, 3.63) is 24.3 Å². The van der Waals surface area contributed by atoms with Crippen molar-refractivity contribution in [2.45, 2.75) is 65.9 Å². The van der Waals surface area contributed by atoms with Gasteiger partial charge in [0.1, 0.15) is 5.60 Å². The second-order valence-electron chi connectivity index (χ2n) is 6.85. The Morgan fingerprint density at radius 3 is 2.58 bits per heavy atom. The molecule has 0 aromatic rings. The van der Waals surface area contributed by atoms with Crippen LogP contribution in [-0.2, 0) is 9.53 Å². The number of ether oxygens (including phenoxy) is 1. The van der Waals surface area contributed by atoms with E-state index in [2.05, 4.69) is 27.0 Å². The molecule has 2 atom stereocenters. The molecule has 2 nitrogen and oxygen atoms in total. The lowest BCUT2D eigenvalue weighted by atomic mass is 9.61. The molecule has 0 N–H and O–H groups in total. The van der Waals surface area contributed by atoms with E-state index < -0.39 is 5.60 Å². The van der Waals surface area contributed by atoms with Gasteiger partial charge in [0.25, 0.3) is 0 Å². The Hall–Kier alpha value is -1.05. The Bertz CT molecular complexity index is 392. The Labute approximate surface area is 117 Å². The molecule has 2 heteroatoms. The van der Waals surface area contributed by atoms with E-state index in [0.717, 1.165) is 25.7 Å². The molecule has 1 fully saturated rings. The van der Waals surface area contributed by atoms with Gasteiger partial charge < -0.3 is 4.74 Å². The van der Waals surface area contributed by atoms with Gasteiger partial charge >= 0.3 is 5.97 Å². The zero-order valence-corrected chi connectivity index (χ0v) is 13.1. The van der Waals surface area contributed by atoms with Gasteiger partial charge in [-0.2, -0.15) is 0 Å². The summed E-state index contributed by atoms with van der Waals surface area (Å²) in [6.45, 7) is 18.0. The number of carbonyl (C=O) groups excluding carboxylic acids is 1. The highest BCUT2D eigenvalue weighted by Gasteiger charge is 2.47. The molecule has 0 heterocycles. The molecule has 1 aliphatic rings. The summed E-state index contributed by atoms with van der Waals surface area (Å²) in [7, 11) is 0. The quantitative estimate of drug-likeness (QED) is 0.419. The van der Waals surface area contributed by atoms with Crippen molar-refractivity contribution in [1.29, 1.82) is 0 Å². The van der Waals surface area contributed by atoms with Gasteiger partial charge in [0.2, 0.25) is 0 Å². The second-order valence-corrected chi connectivity index (χ2v) is 6.85. The molecule has 0 saturated heterocycles. The number of carbonyl (C=O) groups is 1. The van der Waals surface area contributed by atoms with E-state index >= 15 is 0 Å². The summed E-state index contributed by atoms with van der Waals surface area (Å²) in [5, 5.41) is 0. The summed E-state index contributed by atoms with van der Waals surface area (Å²) in [6.07, 6.45) is 4.27. The molecule has 0 bridgehead atoms. The van der Waals surface area contributed by atoms with Crippen LogP contribution in [0, 0.1) is 11.3 Å². The zero-order valence-electron chi connectivity index (χ0n) is 13.1. The number of rotatable bonds is 4. The lowest BCUT2D eigenvalue weighted by Crippen LogP contribution is -2.48. The fraction of sp³-hybridized carbons (Fsp3) is 0.706. The van der Waals surface area contributed by atoms with Gasteiger partial charge in [-0.25, -0.2) is 4.79 Å². The summed E-state index contributed by atoms with van der Waals surface area (Å²) < 4.78 is 5.70. The largest absolute Gasteiger partial charge is 0.456 e. The molecule has 0 radical (unpaired) electrons. The summed E-state index contributed by atoms with van der Waals surface area (Å²) in [6, 6.07) is 0. The average Bonchev–Trinajstić information content (AvgIpc) is 2.26. The van der Waals surface area contributed by atoms with Crippen LogP contribution < -0.4 is 0 Å². The van der Waals surface area contributed by atoms with Gasteiger partial charge in [0, 0.05) is 11.0 Å². The maximum Gasteiger partial charge on any atom is 0.333 e. The van der Waals surface area contributed by atoms with Crippen molar-refractivity contribution < 1.29 is 9.53 Å². The topological polar surface area (TPSA) is 26.3 Å². The Morgan fingerprint density at radius 2 is 2.11 bits per heavy atom. The van der Waals surface area contributed by atoms with E-state index in [1.54, 1.807) is 6.92 Å². The molecule has 0 amide bonds. The first-order chi connectivity index (χ1) is 8.61. The SMILES string of the molecule is C=C1CC(CC)CC(C)(C(C)(C)OC(=O)C(=C)C)C1. The average molecular weight is 264 g/mol. The van der Waals surface area contributed by atoms with Crippen LogP contribution in [0.3, 0.4) is 0 Å². The predicted octanol–water partition coefficient (Wildman–Crippen LogP) is 4.66. The van der Waals surface area contributed by atoms with Gasteiger partial charge in [-0.15, -0.1) is 0 Å². The van der Waals surface area contributed by atoms with Gasteiger partial charge in [-0.1, -0.05) is 39.0 Å². The minimum Gasteiger partial charge on any atom is -0.456 e. The van der Waals surface area contributed by atoms with Crippen LogP contribution in [-0.4, -0.2) is 11.6 Å². The Balaban J connectivity index is 2.93. The third-order valence-electron chi connectivity index (χ3n) is 4.68. The molecule has 1 aliphatic carbocycles. The molecule has 0 spiro atoms. The van der Waals surface area contributed by atoms with E-state index in [1.165, 1.54) is 5.57 Å². The summed E-state index contributed by atoms with van der Waals surface area (Å²) >= 11 is 0. The first kappa shape index (κ1) is 16.0. The van der Waals surface area contributed by atoms with E-state index in [9.17, 15) is 4.79 Å². The smallest absolute Gasteiger partial charge is 0.333 e. The first-order valence-corrected chi connectivity index (χ1v) is 7.17. The maximum atomic E-state index is 11.8. The predicted molar refractivity (Wildman–Crippen MR) is 79.9 cm³/mol. The molecule has 19 heavy (non-hydrogen) atoms. The molecule has 108 valence electrons. The van der Waals surface area contributed by atoms with E-state index in [-0.39, 0.29) is 11.4 Å². The number of hydrogen-bond donors (Lipinski definition) is 0. The number of hydrogen-bond acceptors (Lipinski definition) is 2. The molecular weight excluding hydrogens is 236 g/mol. The van der Waals surface area contributed by atoms with E-state index in [4.69, 9.17) is 4.74 Å². The molecular formula is C17H28O2. The lowest BCUT2D eigenvalue weighted by molar-refractivity contribution is -0.168. The fourth-order valence-corrected chi connectivity index (χ4v) is 3.00. The summed E-state index contributed by atoms with van der Waals surface area (Å²) in [4.78, 5) is 11.8. The van der Waals surface area contributed by atoms with Crippen LogP contribution in [0.4, 0.5) is 0 Å². The second kappa shape index (κ2) is 5.52. The highest BCUT2D eigenvalue weighted by Crippen LogP contribution is 2.50. The molecule has 2 unspecified atom stereocenters. The van der Waals surface area contributed by atoms with Crippen LogP contribution in [0.25, 0.3) is 0 Å². The third kappa shape index (κ3) is 3.49. The van der Waals surface area contributed by atoms with Crippen molar-refractivity contribution >= 4 is 5.97 Å². The number of allylic oxidation sites excluding steroid dienone is 1. The van der Waals surface area contributed by atoms with Crippen LogP contribution in [0.15, 0.2) is 24.3 Å². The van der Waals surface area contributed by atoms with Crippen molar-refractivity contribution in [2.75, 3.05) is 0 Å². The highest BCUT2D eigenvalue weighted by molar-refractivity contribution is 5.87. The van der Waals surface area contributed by atoms with Gasteiger partial charge in [0.05, 0.1) is 0 Å². The Morgan fingerprint density at radius 1 is 1.53 bits per heavy atom. The normalized spacial score (nSPS) is 28.1. The molecule has 0 aromatic heterocycles. The number of esters is 1. The van der Waals surface area contributed by atoms with Gasteiger partial charge in [0.15, 0.2) is 0 Å². The van der Waals surface area contributed by atoms with E-state index in [0.29, 0.717) is 11.5 Å². The molecule has 1 saturated carbocycles. The standard InChI is InChI=1S/C17H28O2/c1-8-14-9-13(4)10-17(7,11-14)16(5,6)19-15(18)12(2)3/h14H,2,4,8-11H2,1,3,5-7H3. The van der Waals surface area contributed by atoms with E-state index in [1.807, 2.05) is 13.8 Å². The van der Waals surface area contributed by atoms with Crippen LogP contribution in [0.2, 0.25) is 0 Å². The first-order valence-electron chi connectivity index (χ1n) is 7.17. The zero-order chi connectivity index (χ0) is 14.8. The minimum atomic E-state index is -0.500. The Kier molecular flexibility index (Phi) is 4.65. The maximum absolute atomic E-state index is 11.8.